The Morgan fingerprint density at radius 2 is 1.60 bits per heavy atom. The minimum Gasteiger partial charge on any atom is -0.355 e. The molecule has 3 aromatic carbocycles. The van der Waals surface area contributed by atoms with Gasteiger partial charge in [-0.25, -0.2) is 19.2 Å². The molecule has 0 atom stereocenters. The van der Waals surface area contributed by atoms with E-state index in [1.807, 2.05) is 6.92 Å². The second-order valence-corrected chi connectivity index (χ2v) is 8.85. The van der Waals surface area contributed by atoms with E-state index in [2.05, 4.69) is 31.2 Å². The van der Waals surface area contributed by atoms with E-state index in [4.69, 9.17) is 0 Å². The van der Waals surface area contributed by atoms with Crippen molar-refractivity contribution < 1.29 is 18.8 Å². The lowest BCUT2D eigenvalue weighted by atomic mass is 10.1. The van der Waals surface area contributed by atoms with Crippen molar-refractivity contribution in [2.24, 2.45) is 0 Å². The summed E-state index contributed by atoms with van der Waals surface area (Å²) in [5.41, 5.74) is 3.60. The Morgan fingerprint density at radius 3 is 2.35 bits per heavy atom. The van der Waals surface area contributed by atoms with Gasteiger partial charge < -0.3 is 21.3 Å². The van der Waals surface area contributed by atoms with Crippen molar-refractivity contribution in [2.45, 2.75) is 13.6 Å². The van der Waals surface area contributed by atoms with Crippen molar-refractivity contribution in [1.29, 1.82) is 0 Å². The van der Waals surface area contributed by atoms with Crippen molar-refractivity contribution in [3.63, 3.8) is 0 Å². The summed E-state index contributed by atoms with van der Waals surface area (Å²) in [4.78, 5) is 47.4. The van der Waals surface area contributed by atoms with E-state index in [-0.39, 0.29) is 5.91 Å². The van der Waals surface area contributed by atoms with Gasteiger partial charge in [-0.3, -0.25) is 14.5 Å². The third-order valence-corrected chi connectivity index (χ3v) is 6.01. The molecule has 0 saturated heterocycles. The summed E-state index contributed by atoms with van der Waals surface area (Å²) in [6.45, 7) is 1.16. The molecule has 40 heavy (non-hydrogen) atoms. The molecule has 0 aliphatic rings. The maximum absolute atomic E-state index is 13.1. The first-order valence-corrected chi connectivity index (χ1v) is 12.3. The van der Waals surface area contributed by atoms with Crippen molar-refractivity contribution in [3.8, 4) is 0 Å². The maximum atomic E-state index is 13.1. The van der Waals surface area contributed by atoms with Crippen LogP contribution in [0.1, 0.15) is 31.8 Å². The number of hydrogen-bond acceptors (Lipinski definition) is 6. The molecule has 0 radical (unpaired) electrons. The number of anilines is 5. The highest BCUT2D eigenvalue weighted by Crippen LogP contribution is 2.23. The molecule has 0 aliphatic carbocycles. The van der Waals surface area contributed by atoms with E-state index < -0.39 is 18.6 Å². The van der Waals surface area contributed by atoms with Gasteiger partial charge in [0.25, 0.3) is 11.8 Å². The molecule has 4 amide bonds. The highest BCUT2D eigenvalue weighted by molar-refractivity contribution is 6.05. The van der Waals surface area contributed by atoms with Gasteiger partial charge in [0.15, 0.2) is 0 Å². The number of urea groups is 1. The van der Waals surface area contributed by atoms with E-state index in [1.165, 1.54) is 17.3 Å². The summed E-state index contributed by atoms with van der Waals surface area (Å²) < 4.78 is 13.0. The normalized spacial score (nSPS) is 10.4. The van der Waals surface area contributed by atoms with Gasteiger partial charge in [-0.2, -0.15) is 0 Å². The Hall–Kier alpha value is -5.32. The van der Waals surface area contributed by atoms with Crippen molar-refractivity contribution >= 4 is 46.5 Å². The molecule has 1 heterocycles. The second-order valence-electron chi connectivity index (χ2n) is 8.85. The fourth-order valence-corrected chi connectivity index (χ4v) is 3.77. The molecule has 4 rings (SSSR count). The van der Waals surface area contributed by atoms with Crippen LogP contribution < -0.4 is 26.2 Å². The molecule has 1 aromatic heterocycles. The van der Waals surface area contributed by atoms with E-state index in [0.29, 0.717) is 45.4 Å². The van der Waals surface area contributed by atoms with Crippen LogP contribution in [0.3, 0.4) is 0 Å². The van der Waals surface area contributed by atoms with E-state index in [0.717, 1.165) is 5.56 Å². The molecular formula is C29H28FN7O3. The van der Waals surface area contributed by atoms with Crippen LogP contribution in [0.15, 0.2) is 79.1 Å². The number of nitrogens with one attached hydrogen (secondary N) is 4. The number of carbonyl (C=O) groups is 3. The molecule has 0 bridgehead atoms. The number of hydrogen-bond donors (Lipinski definition) is 4. The summed E-state index contributed by atoms with van der Waals surface area (Å²) in [5, 5.41) is 11.3. The van der Waals surface area contributed by atoms with Gasteiger partial charge >= 0.3 is 6.03 Å². The minimum atomic E-state index is -0.663. The van der Waals surface area contributed by atoms with E-state index >= 15 is 0 Å². The molecule has 4 N–H and O–H groups in total. The molecule has 0 spiro atoms. The first-order valence-electron chi connectivity index (χ1n) is 12.3. The Morgan fingerprint density at radius 1 is 0.850 bits per heavy atom. The quantitative estimate of drug-likeness (QED) is 0.240. The number of aromatic nitrogens is 2. The zero-order valence-electron chi connectivity index (χ0n) is 22.2. The zero-order valence-corrected chi connectivity index (χ0v) is 22.2. The first kappa shape index (κ1) is 27.7. The smallest absolute Gasteiger partial charge is 0.327 e. The SMILES string of the molecule is CNC(=O)c1cccc(Nc2cc(N(C)C(=O)Nc3cc(NC(=O)c4cccc(CF)c4)ccc3C)ncn2)c1. The number of alkyl halides is 1. The molecule has 10 nitrogen and oxygen atoms in total. The van der Waals surface area contributed by atoms with Crippen LogP contribution in [0.2, 0.25) is 0 Å². The second kappa shape index (κ2) is 12.5. The Bertz CT molecular complexity index is 1560. The fraction of sp³-hybridized carbons (Fsp3) is 0.138. The lowest BCUT2D eigenvalue weighted by molar-refractivity contribution is 0.0962. The Kier molecular flexibility index (Phi) is 8.65. The lowest BCUT2D eigenvalue weighted by Crippen LogP contribution is -2.32. The predicted octanol–water partition coefficient (Wildman–Crippen LogP) is 5.28. The zero-order chi connectivity index (χ0) is 28.6. The first-order chi connectivity index (χ1) is 19.3. The molecule has 204 valence electrons. The standard InChI is InChI=1S/C29H28FN7O3/c1-18-10-11-23(35-28(39)20-7-4-6-19(12-20)16-30)14-24(18)36-29(40)37(3)26-15-25(32-17-33-26)34-22-9-5-8-21(13-22)27(38)31-2/h4-15,17H,16H2,1-3H3,(H,31,38)(H,35,39)(H,36,40)(H,32,33,34). The predicted molar refractivity (Wildman–Crippen MR) is 153 cm³/mol. The average molecular weight is 542 g/mol. The Labute approximate surface area is 230 Å². The maximum Gasteiger partial charge on any atom is 0.327 e. The largest absolute Gasteiger partial charge is 0.355 e. The van der Waals surface area contributed by atoms with Gasteiger partial charge in [0.05, 0.1) is 0 Å². The summed E-state index contributed by atoms with van der Waals surface area (Å²) >= 11 is 0. The molecule has 0 saturated carbocycles. The number of nitrogens with zero attached hydrogens (tertiary/aromatic N) is 3. The third-order valence-electron chi connectivity index (χ3n) is 6.01. The van der Waals surface area contributed by atoms with Gasteiger partial charge in [-0.15, -0.1) is 0 Å². The number of aryl methyl sites for hydroxylation is 1. The van der Waals surface area contributed by atoms with Crippen molar-refractivity contribution in [3.05, 3.63) is 101 Å². The molecule has 4 aromatic rings. The van der Waals surface area contributed by atoms with Gasteiger partial charge in [-0.05, 0) is 60.5 Å². The van der Waals surface area contributed by atoms with Crippen LogP contribution in [0.25, 0.3) is 0 Å². The lowest BCUT2D eigenvalue weighted by Gasteiger charge is -2.19. The fourth-order valence-electron chi connectivity index (χ4n) is 3.77. The number of amides is 4. The summed E-state index contributed by atoms with van der Waals surface area (Å²) in [5.74, 6) is 0.146. The topological polar surface area (TPSA) is 128 Å². The molecular weight excluding hydrogens is 513 g/mol. The van der Waals surface area contributed by atoms with Crippen LogP contribution in [0.5, 0.6) is 0 Å². The van der Waals surface area contributed by atoms with Gasteiger partial charge in [0, 0.05) is 48.4 Å². The van der Waals surface area contributed by atoms with Crippen LogP contribution in [-0.4, -0.2) is 41.9 Å². The summed E-state index contributed by atoms with van der Waals surface area (Å²) in [7, 11) is 3.12. The van der Waals surface area contributed by atoms with Gasteiger partial charge in [0.2, 0.25) is 0 Å². The highest BCUT2D eigenvalue weighted by atomic mass is 19.1. The van der Waals surface area contributed by atoms with E-state index in [9.17, 15) is 18.8 Å². The number of halogens is 1. The summed E-state index contributed by atoms with van der Waals surface area (Å²) in [6, 6.07) is 19.5. The molecule has 0 unspecified atom stereocenters. The number of benzene rings is 3. The highest BCUT2D eigenvalue weighted by Gasteiger charge is 2.16. The minimum absolute atomic E-state index is 0.214. The number of carbonyl (C=O) groups excluding carboxylic acids is 3. The molecule has 0 fully saturated rings. The molecule has 0 aliphatic heterocycles. The van der Waals surface area contributed by atoms with Crippen molar-refractivity contribution in [2.75, 3.05) is 34.9 Å². The van der Waals surface area contributed by atoms with Crippen molar-refractivity contribution in [1.82, 2.24) is 15.3 Å². The van der Waals surface area contributed by atoms with E-state index in [1.54, 1.807) is 80.8 Å². The third kappa shape index (κ3) is 6.76. The average Bonchev–Trinajstić information content (AvgIpc) is 2.98. The van der Waals surface area contributed by atoms with Gasteiger partial charge in [-0.1, -0.05) is 24.3 Å². The Balaban J connectivity index is 1.45. The van der Waals surface area contributed by atoms with Crippen LogP contribution in [-0.2, 0) is 6.67 Å². The van der Waals surface area contributed by atoms with Crippen LogP contribution >= 0.6 is 0 Å². The van der Waals surface area contributed by atoms with Crippen LogP contribution in [0, 0.1) is 6.92 Å². The van der Waals surface area contributed by atoms with Gasteiger partial charge in [0.1, 0.15) is 24.6 Å². The number of rotatable bonds is 8. The van der Waals surface area contributed by atoms with Crippen LogP contribution in [0.4, 0.5) is 37.9 Å². The summed E-state index contributed by atoms with van der Waals surface area (Å²) in [6.07, 6.45) is 1.32. The monoisotopic (exact) mass is 541 g/mol. The molecule has 11 heteroatoms.